The molecule has 0 N–H and O–H groups in total. The normalized spacial score (nSPS) is 13.6. The van der Waals surface area contributed by atoms with Gasteiger partial charge in [0.25, 0.3) is 0 Å². The zero-order valence-corrected chi connectivity index (χ0v) is 7.27. The van der Waals surface area contributed by atoms with Crippen LogP contribution in [0, 0.1) is 0 Å². The highest BCUT2D eigenvalue weighted by Gasteiger charge is 1.93. The molecule has 10 heavy (non-hydrogen) atoms. The highest BCUT2D eigenvalue weighted by atomic mass is 16.5. The van der Waals surface area contributed by atoms with Crippen molar-refractivity contribution in [3.8, 4) is 0 Å². The molecule has 0 bridgehead atoms. The van der Waals surface area contributed by atoms with Crippen molar-refractivity contribution < 1.29 is 4.74 Å². The molecule has 1 heteroatoms. The molecule has 1 nitrogen and oxygen atoms in total. The van der Waals surface area contributed by atoms with Crippen molar-refractivity contribution in [2.45, 2.75) is 27.2 Å². The minimum atomic E-state index is 0.965. The van der Waals surface area contributed by atoms with Crippen LogP contribution >= 0.6 is 0 Å². The minimum absolute atomic E-state index is 0.965. The van der Waals surface area contributed by atoms with Crippen LogP contribution in [-0.4, -0.2) is 7.11 Å². The highest BCUT2D eigenvalue weighted by molar-refractivity contribution is 5.19. The van der Waals surface area contributed by atoms with Crippen molar-refractivity contribution in [3.05, 3.63) is 23.5 Å². The fourth-order valence-corrected chi connectivity index (χ4v) is 0.927. The largest absolute Gasteiger partial charge is 0.501 e. The van der Waals surface area contributed by atoms with Gasteiger partial charge in [-0.25, -0.2) is 0 Å². The van der Waals surface area contributed by atoms with Crippen LogP contribution in [0.25, 0.3) is 0 Å². The SMILES string of the molecule is C/C=C\C(C)=C(/CC)OC. The average Bonchev–Trinajstić information content (AvgIpc) is 1.91. The Labute approximate surface area is 63.4 Å². The van der Waals surface area contributed by atoms with Gasteiger partial charge in [-0.1, -0.05) is 19.1 Å². The molecule has 0 aliphatic heterocycles. The molecule has 0 amide bonds. The molecule has 0 unspecified atom stereocenters. The van der Waals surface area contributed by atoms with E-state index in [1.54, 1.807) is 7.11 Å². The van der Waals surface area contributed by atoms with Gasteiger partial charge in [0.2, 0.25) is 0 Å². The molecule has 0 atom stereocenters. The monoisotopic (exact) mass is 140 g/mol. The molecule has 0 saturated carbocycles. The van der Waals surface area contributed by atoms with Gasteiger partial charge in [-0.05, 0) is 19.4 Å². The van der Waals surface area contributed by atoms with E-state index in [0.29, 0.717) is 0 Å². The molecule has 58 valence electrons. The van der Waals surface area contributed by atoms with Crippen molar-refractivity contribution in [2.24, 2.45) is 0 Å². The lowest BCUT2D eigenvalue weighted by Crippen LogP contribution is -1.87. The zero-order valence-electron chi connectivity index (χ0n) is 7.27. The van der Waals surface area contributed by atoms with Gasteiger partial charge in [0.05, 0.1) is 12.9 Å². The molecule has 0 spiro atoms. The first-order valence-electron chi connectivity index (χ1n) is 3.62. The molecule has 0 aromatic rings. The van der Waals surface area contributed by atoms with Gasteiger partial charge >= 0.3 is 0 Å². The Morgan fingerprint density at radius 3 is 2.40 bits per heavy atom. The summed E-state index contributed by atoms with van der Waals surface area (Å²) in [5, 5.41) is 0. The predicted octanol–water partition coefficient (Wildman–Crippen LogP) is 2.89. The smallest absolute Gasteiger partial charge is 0.0981 e. The van der Waals surface area contributed by atoms with Crippen molar-refractivity contribution in [2.75, 3.05) is 7.11 Å². The molecular weight excluding hydrogens is 124 g/mol. The van der Waals surface area contributed by atoms with Crippen LogP contribution < -0.4 is 0 Å². The first kappa shape index (κ1) is 9.28. The van der Waals surface area contributed by atoms with E-state index >= 15 is 0 Å². The fourth-order valence-electron chi connectivity index (χ4n) is 0.927. The van der Waals surface area contributed by atoms with Gasteiger partial charge in [0.15, 0.2) is 0 Å². The summed E-state index contributed by atoms with van der Waals surface area (Å²) >= 11 is 0. The molecule has 0 aromatic carbocycles. The first-order valence-corrected chi connectivity index (χ1v) is 3.62. The number of rotatable bonds is 3. The second-order valence-electron chi connectivity index (χ2n) is 2.16. The lowest BCUT2D eigenvalue weighted by atomic mass is 10.2. The highest BCUT2D eigenvalue weighted by Crippen LogP contribution is 2.09. The lowest BCUT2D eigenvalue weighted by Gasteiger charge is -2.04. The van der Waals surface area contributed by atoms with Crippen molar-refractivity contribution >= 4 is 0 Å². The van der Waals surface area contributed by atoms with Crippen molar-refractivity contribution in [3.63, 3.8) is 0 Å². The van der Waals surface area contributed by atoms with Crippen LogP contribution in [0.4, 0.5) is 0 Å². The molecule has 0 rings (SSSR count). The van der Waals surface area contributed by atoms with E-state index in [9.17, 15) is 0 Å². The Morgan fingerprint density at radius 2 is 2.10 bits per heavy atom. The summed E-state index contributed by atoms with van der Waals surface area (Å²) in [5.74, 6) is 1.07. The average molecular weight is 140 g/mol. The van der Waals surface area contributed by atoms with E-state index in [1.165, 1.54) is 5.57 Å². The van der Waals surface area contributed by atoms with E-state index in [0.717, 1.165) is 12.2 Å². The van der Waals surface area contributed by atoms with Gasteiger partial charge in [-0.2, -0.15) is 0 Å². The second-order valence-corrected chi connectivity index (χ2v) is 2.16. The van der Waals surface area contributed by atoms with Crippen LogP contribution in [0.2, 0.25) is 0 Å². The Kier molecular flexibility index (Phi) is 4.73. The Hall–Kier alpha value is -0.720. The minimum Gasteiger partial charge on any atom is -0.501 e. The maximum atomic E-state index is 5.14. The van der Waals surface area contributed by atoms with Gasteiger partial charge < -0.3 is 4.74 Å². The predicted molar refractivity (Wildman–Crippen MR) is 44.8 cm³/mol. The van der Waals surface area contributed by atoms with E-state index in [-0.39, 0.29) is 0 Å². The van der Waals surface area contributed by atoms with Crippen LogP contribution in [0.5, 0.6) is 0 Å². The summed E-state index contributed by atoms with van der Waals surface area (Å²) in [5.41, 5.74) is 1.22. The van der Waals surface area contributed by atoms with Gasteiger partial charge in [0.1, 0.15) is 0 Å². The zero-order chi connectivity index (χ0) is 7.98. The molecule has 0 radical (unpaired) electrons. The maximum Gasteiger partial charge on any atom is 0.0981 e. The molecule has 0 fully saturated rings. The van der Waals surface area contributed by atoms with Crippen LogP contribution in [0.1, 0.15) is 27.2 Å². The Bertz CT molecular complexity index is 137. The lowest BCUT2D eigenvalue weighted by molar-refractivity contribution is 0.277. The standard InChI is InChI=1S/C9H16O/c1-5-7-8(3)9(6-2)10-4/h5,7H,6H2,1-4H3/b7-5-,9-8+. The molecule has 0 aromatic heterocycles. The third-order valence-electron chi connectivity index (χ3n) is 1.42. The number of hydrogen-bond acceptors (Lipinski definition) is 1. The summed E-state index contributed by atoms with van der Waals surface area (Å²) in [6, 6.07) is 0. The fraction of sp³-hybridized carbons (Fsp3) is 0.556. The number of ether oxygens (including phenoxy) is 1. The van der Waals surface area contributed by atoms with Crippen LogP contribution in [0.3, 0.4) is 0 Å². The van der Waals surface area contributed by atoms with Crippen molar-refractivity contribution in [1.29, 1.82) is 0 Å². The summed E-state index contributed by atoms with van der Waals surface area (Å²) < 4.78 is 5.14. The van der Waals surface area contributed by atoms with Crippen LogP contribution in [0.15, 0.2) is 23.5 Å². The van der Waals surface area contributed by atoms with E-state index in [2.05, 4.69) is 19.9 Å². The topological polar surface area (TPSA) is 9.23 Å². The first-order chi connectivity index (χ1) is 4.76. The third-order valence-corrected chi connectivity index (χ3v) is 1.42. The quantitative estimate of drug-likeness (QED) is 0.432. The van der Waals surface area contributed by atoms with E-state index in [1.807, 2.05) is 13.0 Å². The van der Waals surface area contributed by atoms with Gasteiger partial charge in [-0.3, -0.25) is 0 Å². The van der Waals surface area contributed by atoms with Gasteiger partial charge in [0, 0.05) is 6.42 Å². The Balaban J connectivity index is 4.27. The molecule has 0 aliphatic rings. The molecule has 0 aliphatic carbocycles. The Morgan fingerprint density at radius 1 is 1.50 bits per heavy atom. The van der Waals surface area contributed by atoms with Crippen molar-refractivity contribution in [1.82, 2.24) is 0 Å². The molecule has 0 heterocycles. The number of allylic oxidation sites excluding steroid dienone is 4. The summed E-state index contributed by atoms with van der Waals surface area (Å²) in [6.45, 7) is 6.15. The van der Waals surface area contributed by atoms with E-state index in [4.69, 9.17) is 4.74 Å². The van der Waals surface area contributed by atoms with Gasteiger partial charge in [-0.15, -0.1) is 0 Å². The number of methoxy groups -OCH3 is 1. The summed E-state index contributed by atoms with van der Waals surface area (Å²) in [6.07, 6.45) is 5.04. The number of hydrogen-bond donors (Lipinski definition) is 0. The second kappa shape index (κ2) is 5.10. The summed E-state index contributed by atoms with van der Waals surface area (Å²) in [7, 11) is 1.71. The van der Waals surface area contributed by atoms with E-state index < -0.39 is 0 Å². The molecule has 0 saturated heterocycles. The third kappa shape index (κ3) is 2.72. The van der Waals surface area contributed by atoms with Crippen LogP contribution in [-0.2, 0) is 4.74 Å². The summed E-state index contributed by atoms with van der Waals surface area (Å²) in [4.78, 5) is 0. The maximum absolute atomic E-state index is 5.14. The molecular formula is C9H16O.